The molecule has 0 saturated carbocycles. The van der Waals surface area contributed by atoms with E-state index in [1.165, 1.54) is 6.07 Å². The highest BCUT2D eigenvalue weighted by molar-refractivity contribution is 6.04. The van der Waals surface area contributed by atoms with E-state index in [4.69, 9.17) is 9.47 Å². The van der Waals surface area contributed by atoms with Gasteiger partial charge in [-0.15, -0.1) is 0 Å². The van der Waals surface area contributed by atoms with Crippen LogP contribution >= 0.6 is 0 Å². The molecule has 10 heteroatoms. The van der Waals surface area contributed by atoms with Crippen LogP contribution in [0.15, 0.2) is 36.9 Å². The predicted octanol–water partition coefficient (Wildman–Crippen LogP) is 4.17. The van der Waals surface area contributed by atoms with Crippen LogP contribution in [0.2, 0.25) is 0 Å². The van der Waals surface area contributed by atoms with Gasteiger partial charge in [-0.3, -0.25) is 14.2 Å². The predicted molar refractivity (Wildman–Crippen MR) is 142 cm³/mol. The first-order valence-electron chi connectivity index (χ1n) is 13.4. The standard InChI is InChI=1S/C29H29FN6O3/c1-17-10-19-15-35(14-18-4-7-38-8-5-18)28(37)26-27-23(21(19)11-31-17)13-33-29(36(27)16-34-26)32-12-22-20-6-9-39-25(20)3-2-24(22)30/h2-3,10-11,13,16,18H,4-9,12,14-15H2,1H3,(H,32,33). The maximum Gasteiger partial charge on any atom is 0.275 e. The van der Waals surface area contributed by atoms with E-state index in [1.54, 1.807) is 23.0 Å². The zero-order valence-electron chi connectivity index (χ0n) is 21.7. The van der Waals surface area contributed by atoms with E-state index >= 15 is 0 Å². The highest BCUT2D eigenvalue weighted by atomic mass is 19.1. The van der Waals surface area contributed by atoms with Crippen molar-refractivity contribution >= 4 is 17.4 Å². The second-order valence-electron chi connectivity index (χ2n) is 10.5. The van der Waals surface area contributed by atoms with Gasteiger partial charge in [-0.05, 0) is 49.4 Å². The molecule has 3 aliphatic rings. The number of nitrogens with zero attached hydrogens (tertiary/aromatic N) is 5. The lowest BCUT2D eigenvalue weighted by Gasteiger charge is -2.31. The maximum absolute atomic E-state index is 14.8. The van der Waals surface area contributed by atoms with E-state index in [1.807, 2.05) is 24.1 Å². The van der Waals surface area contributed by atoms with E-state index in [0.717, 1.165) is 59.8 Å². The number of ether oxygens (including phenoxy) is 2. The SMILES string of the molecule is Cc1cc2c(cn1)-c1cnc(NCc3c(F)ccc4c3CCO4)n3cnc(c13)C(=O)N(CC1CCOCC1)C2. The van der Waals surface area contributed by atoms with Gasteiger partial charge >= 0.3 is 0 Å². The van der Waals surface area contributed by atoms with Crippen molar-refractivity contribution in [3.63, 3.8) is 0 Å². The number of hydrogen-bond acceptors (Lipinski definition) is 7. The molecule has 200 valence electrons. The molecule has 0 bridgehead atoms. The van der Waals surface area contributed by atoms with Crippen LogP contribution in [0.1, 0.15) is 45.7 Å². The third-order valence-corrected chi connectivity index (χ3v) is 8.02. The van der Waals surface area contributed by atoms with Crippen molar-refractivity contribution in [2.45, 2.75) is 39.3 Å². The lowest BCUT2D eigenvalue weighted by molar-refractivity contribution is 0.0444. The van der Waals surface area contributed by atoms with Crippen LogP contribution < -0.4 is 10.1 Å². The Bertz CT molecular complexity index is 1600. The monoisotopic (exact) mass is 528 g/mol. The molecule has 0 unspecified atom stereocenters. The van der Waals surface area contributed by atoms with Crippen molar-refractivity contribution < 1.29 is 18.7 Å². The Morgan fingerprint density at radius 3 is 2.82 bits per heavy atom. The van der Waals surface area contributed by atoms with Gasteiger partial charge in [0.05, 0.1) is 12.1 Å². The van der Waals surface area contributed by atoms with Crippen LogP contribution in [0.25, 0.3) is 16.6 Å². The number of carbonyl (C=O) groups excluding carboxylic acids is 1. The van der Waals surface area contributed by atoms with Crippen LogP contribution in [-0.4, -0.2) is 56.5 Å². The summed E-state index contributed by atoms with van der Waals surface area (Å²) in [6.07, 6.45) is 7.77. The van der Waals surface area contributed by atoms with Gasteiger partial charge in [-0.2, -0.15) is 0 Å². The quantitative estimate of drug-likeness (QED) is 0.416. The molecule has 3 aliphatic heterocycles. The summed E-state index contributed by atoms with van der Waals surface area (Å²) >= 11 is 0. The summed E-state index contributed by atoms with van der Waals surface area (Å²) in [6.45, 7) is 5.31. The van der Waals surface area contributed by atoms with Gasteiger partial charge in [0, 0.05) is 79.6 Å². The summed E-state index contributed by atoms with van der Waals surface area (Å²) < 4.78 is 27.7. The number of benzene rings is 1. The van der Waals surface area contributed by atoms with E-state index in [-0.39, 0.29) is 18.3 Å². The van der Waals surface area contributed by atoms with Gasteiger partial charge in [0.1, 0.15) is 17.9 Å². The number of carbonyl (C=O) groups is 1. The fourth-order valence-electron chi connectivity index (χ4n) is 5.98. The average Bonchev–Trinajstić information content (AvgIpc) is 3.60. The molecule has 1 amide bonds. The number of hydrogen-bond donors (Lipinski definition) is 1. The second-order valence-corrected chi connectivity index (χ2v) is 10.5. The molecule has 7 rings (SSSR count). The number of anilines is 1. The van der Waals surface area contributed by atoms with Crippen LogP contribution in [0, 0.1) is 18.7 Å². The lowest BCUT2D eigenvalue weighted by Crippen LogP contribution is -2.37. The topological polar surface area (TPSA) is 93.9 Å². The number of fused-ring (bicyclic) bond motifs is 3. The molecule has 3 aromatic heterocycles. The molecule has 4 aromatic rings. The van der Waals surface area contributed by atoms with Gasteiger partial charge in [0.15, 0.2) is 5.69 Å². The zero-order chi connectivity index (χ0) is 26.5. The Morgan fingerprint density at radius 1 is 1.10 bits per heavy atom. The summed E-state index contributed by atoms with van der Waals surface area (Å²) in [5, 5.41) is 3.29. The molecule has 1 fully saturated rings. The van der Waals surface area contributed by atoms with Crippen molar-refractivity contribution in [3.8, 4) is 16.9 Å². The molecular formula is C29H29FN6O3. The summed E-state index contributed by atoms with van der Waals surface area (Å²) in [5.41, 5.74) is 6.15. The minimum atomic E-state index is -0.283. The van der Waals surface area contributed by atoms with Gasteiger partial charge in [0.25, 0.3) is 5.91 Å². The molecule has 39 heavy (non-hydrogen) atoms. The van der Waals surface area contributed by atoms with Crippen molar-refractivity contribution in [3.05, 3.63) is 70.8 Å². The number of aryl methyl sites for hydroxylation is 1. The number of imidazole rings is 1. The number of halogens is 1. The maximum atomic E-state index is 14.8. The Balaban J connectivity index is 1.30. The van der Waals surface area contributed by atoms with E-state index in [0.29, 0.717) is 54.8 Å². The number of pyridine rings is 1. The summed E-state index contributed by atoms with van der Waals surface area (Å²) in [5.74, 6) is 1.20. The van der Waals surface area contributed by atoms with Crippen LogP contribution in [-0.2, 0) is 24.2 Å². The second kappa shape index (κ2) is 9.60. The first-order chi connectivity index (χ1) is 19.1. The van der Waals surface area contributed by atoms with Crippen molar-refractivity contribution in [2.24, 2.45) is 5.92 Å². The summed E-state index contributed by atoms with van der Waals surface area (Å²) in [6, 6.07) is 5.16. The first kappa shape index (κ1) is 24.0. The molecule has 1 aromatic carbocycles. The molecule has 0 spiro atoms. The number of amides is 1. The average molecular weight is 529 g/mol. The van der Waals surface area contributed by atoms with Crippen molar-refractivity contribution in [2.75, 3.05) is 31.7 Å². The number of nitrogens with one attached hydrogen (secondary N) is 1. The van der Waals surface area contributed by atoms with E-state index < -0.39 is 0 Å². The van der Waals surface area contributed by atoms with Crippen LogP contribution in [0.3, 0.4) is 0 Å². The third-order valence-electron chi connectivity index (χ3n) is 8.02. The van der Waals surface area contributed by atoms with Crippen molar-refractivity contribution in [1.82, 2.24) is 24.3 Å². The van der Waals surface area contributed by atoms with Crippen LogP contribution in [0.5, 0.6) is 5.75 Å². The molecule has 0 aliphatic carbocycles. The van der Waals surface area contributed by atoms with Crippen molar-refractivity contribution in [1.29, 1.82) is 0 Å². The molecule has 6 heterocycles. The zero-order valence-corrected chi connectivity index (χ0v) is 21.7. The minimum absolute atomic E-state index is 0.105. The van der Waals surface area contributed by atoms with Gasteiger partial charge in [-0.1, -0.05) is 0 Å². The third kappa shape index (κ3) is 4.19. The van der Waals surface area contributed by atoms with Gasteiger partial charge in [0.2, 0.25) is 5.95 Å². The Hall–Kier alpha value is -4.05. The van der Waals surface area contributed by atoms with Gasteiger partial charge < -0.3 is 19.7 Å². The summed E-state index contributed by atoms with van der Waals surface area (Å²) in [7, 11) is 0. The fraction of sp³-hybridized carbons (Fsp3) is 0.379. The van der Waals surface area contributed by atoms with E-state index in [2.05, 4.69) is 20.3 Å². The molecule has 9 nitrogen and oxygen atoms in total. The smallest absolute Gasteiger partial charge is 0.275 e. The summed E-state index contributed by atoms with van der Waals surface area (Å²) in [4.78, 5) is 29.7. The molecule has 1 N–H and O–H groups in total. The number of rotatable bonds is 5. The Labute approximate surface area is 225 Å². The normalized spacial score (nSPS) is 17.0. The largest absolute Gasteiger partial charge is 0.493 e. The van der Waals surface area contributed by atoms with E-state index in [9.17, 15) is 9.18 Å². The highest BCUT2D eigenvalue weighted by Gasteiger charge is 2.31. The Morgan fingerprint density at radius 2 is 1.95 bits per heavy atom. The highest BCUT2D eigenvalue weighted by Crippen LogP contribution is 2.35. The molecular weight excluding hydrogens is 499 g/mol. The molecule has 0 atom stereocenters. The van der Waals surface area contributed by atoms with Gasteiger partial charge in [-0.25, -0.2) is 14.4 Å². The fourth-order valence-corrected chi connectivity index (χ4v) is 5.98. The first-order valence-corrected chi connectivity index (χ1v) is 13.4. The lowest BCUT2D eigenvalue weighted by atomic mass is 9.96. The number of aromatic nitrogens is 4. The Kier molecular flexibility index (Phi) is 5.92. The van der Waals surface area contributed by atoms with Crippen LogP contribution in [0.4, 0.5) is 10.3 Å². The molecule has 1 saturated heterocycles. The molecule has 0 radical (unpaired) electrons. The minimum Gasteiger partial charge on any atom is -0.493 e.